The van der Waals surface area contributed by atoms with Gasteiger partial charge in [-0.05, 0) is 75.0 Å². The summed E-state index contributed by atoms with van der Waals surface area (Å²) in [6.07, 6.45) is 4.61. The first-order valence-electron chi connectivity index (χ1n) is 13.4. The molecular weight excluding hydrogens is 482 g/mol. The largest absolute Gasteiger partial charge is 0.346 e. The van der Waals surface area contributed by atoms with Crippen LogP contribution in [-0.2, 0) is 33.9 Å². The Morgan fingerprint density at radius 3 is 2.72 bits per heavy atom. The van der Waals surface area contributed by atoms with E-state index < -0.39 is 27.5 Å². The molecule has 1 spiro atoms. The third kappa shape index (κ3) is 4.51. The van der Waals surface area contributed by atoms with Crippen molar-refractivity contribution in [3.05, 3.63) is 24.3 Å². The number of carbonyl (C=O) groups excluding carboxylic acids is 1. The van der Waals surface area contributed by atoms with E-state index in [1.807, 2.05) is 13.8 Å². The van der Waals surface area contributed by atoms with Crippen molar-refractivity contribution < 1.29 is 32.5 Å². The van der Waals surface area contributed by atoms with Crippen molar-refractivity contribution in [1.29, 1.82) is 0 Å². The molecule has 1 saturated carbocycles. The Hall–Kier alpha value is -1.52. The van der Waals surface area contributed by atoms with Crippen LogP contribution in [0, 0.1) is 23.7 Å². The number of nitrogens with one attached hydrogen (secondary N) is 1. The summed E-state index contributed by atoms with van der Waals surface area (Å²) < 4.78 is 37.8. The summed E-state index contributed by atoms with van der Waals surface area (Å²) >= 11 is 0. The van der Waals surface area contributed by atoms with Gasteiger partial charge in [0.1, 0.15) is 0 Å². The number of anilines is 1. The number of ether oxygens (including phenoxy) is 2. The zero-order chi connectivity index (χ0) is 25.7. The monoisotopic (exact) mass is 521 g/mol. The standard InChI is InChI=1S/C27H39NO7S/c1-5-15-36(30,31)20-8-6-7-19(16-20)28-24(29)12-11-23-18(3)22-10-9-17(2)21-13-14-26(4)33-25(32-23)27(21,22)35-34-26/h6-8,16-18,21-23,25H,5,9-15H2,1-4H3,(H,28,29)/t17-,18-,21+,22+,23-,25-,26?,27-/m1/s1. The molecule has 0 radical (unpaired) electrons. The van der Waals surface area contributed by atoms with Crippen LogP contribution >= 0.6 is 0 Å². The van der Waals surface area contributed by atoms with Gasteiger partial charge in [-0.3, -0.25) is 4.79 Å². The summed E-state index contributed by atoms with van der Waals surface area (Å²) in [5.74, 6) is 0.333. The first-order valence-corrected chi connectivity index (χ1v) is 15.1. The molecule has 8 atom stereocenters. The van der Waals surface area contributed by atoms with Crippen LogP contribution in [0.1, 0.15) is 72.6 Å². The molecule has 1 amide bonds. The van der Waals surface area contributed by atoms with E-state index in [0.29, 0.717) is 30.4 Å². The van der Waals surface area contributed by atoms with E-state index >= 15 is 0 Å². The average molecular weight is 522 g/mol. The number of carbonyl (C=O) groups is 1. The van der Waals surface area contributed by atoms with Gasteiger partial charge in [-0.25, -0.2) is 18.2 Å². The minimum atomic E-state index is -3.35. The summed E-state index contributed by atoms with van der Waals surface area (Å²) in [7, 11) is -3.35. The highest BCUT2D eigenvalue weighted by Gasteiger charge is 2.69. The summed E-state index contributed by atoms with van der Waals surface area (Å²) in [4.78, 5) is 25.1. The molecular formula is C27H39NO7S. The predicted octanol–water partition coefficient (Wildman–Crippen LogP) is 4.84. The molecule has 0 aromatic heterocycles. The maximum Gasteiger partial charge on any atom is 0.224 e. The second-order valence-corrected chi connectivity index (χ2v) is 13.5. The molecule has 4 heterocycles. The van der Waals surface area contributed by atoms with Crippen LogP contribution in [0.25, 0.3) is 0 Å². The second kappa shape index (κ2) is 9.66. The molecule has 5 aliphatic rings. The normalized spacial score (nSPS) is 39.8. The van der Waals surface area contributed by atoms with Crippen molar-refractivity contribution in [2.75, 3.05) is 11.1 Å². The van der Waals surface area contributed by atoms with Crippen molar-refractivity contribution >= 4 is 21.4 Å². The van der Waals surface area contributed by atoms with Gasteiger partial charge >= 0.3 is 0 Å². The van der Waals surface area contributed by atoms with Crippen molar-refractivity contribution in [2.45, 2.75) is 101 Å². The molecule has 4 saturated heterocycles. The number of hydrogen-bond acceptors (Lipinski definition) is 7. The lowest BCUT2D eigenvalue weighted by Gasteiger charge is -2.60. The predicted molar refractivity (Wildman–Crippen MR) is 133 cm³/mol. The van der Waals surface area contributed by atoms with E-state index in [1.165, 1.54) is 6.07 Å². The van der Waals surface area contributed by atoms with Gasteiger partial charge in [0, 0.05) is 24.4 Å². The van der Waals surface area contributed by atoms with Gasteiger partial charge in [0.15, 0.2) is 21.7 Å². The number of rotatable bonds is 7. The number of fused-ring (bicyclic) bond motifs is 2. The highest BCUT2D eigenvalue weighted by molar-refractivity contribution is 7.91. The van der Waals surface area contributed by atoms with E-state index in [9.17, 15) is 13.2 Å². The fourth-order valence-electron chi connectivity index (χ4n) is 6.96. The highest BCUT2D eigenvalue weighted by atomic mass is 32.2. The summed E-state index contributed by atoms with van der Waals surface area (Å²) in [6, 6.07) is 6.47. The number of sulfone groups is 1. The van der Waals surface area contributed by atoms with Crippen LogP contribution in [0.2, 0.25) is 0 Å². The van der Waals surface area contributed by atoms with Crippen molar-refractivity contribution in [3.63, 3.8) is 0 Å². The topological polar surface area (TPSA) is 100 Å². The SMILES string of the molecule is CCCS(=O)(=O)c1cccc(NC(=O)CC[C@H]2O[C@@H]3OC4(C)CC[C@H]5[C@H](C)CC[C@@H]([C@H]2C)[C@@]35OO4)c1. The van der Waals surface area contributed by atoms with E-state index in [4.69, 9.17) is 19.2 Å². The van der Waals surface area contributed by atoms with Crippen LogP contribution < -0.4 is 5.32 Å². The van der Waals surface area contributed by atoms with Gasteiger partial charge < -0.3 is 14.8 Å². The Morgan fingerprint density at radius 2 is 1.94 bits per heavy atom. The minimum Gasteiger partial charge on any atom is -0.346 e. The molecule has 4 aliphatic heterocycles. The molecule has 1 aromatic carbocycles. The maximum atomic E-state index is 12.8. The van der Waals surface area contributed by atoms with Gasteiger partial charge in [-0.15, -0.1) is 0 Å². The summed E-state index contributed by atoms with van der Waals surface area (Å²) in [5.41, 5.74) is -0.114. The lowest BCUT2D eigenvalue weighted by atomic mass is 9.57. The Labute approximate surface area is 214 Å². The maximum absolute atomic E-state index is 12.8. The van der Waals surface area contributed by atoms with E-state index in [2.05, 4.69) is 19.2 Å². The van der Waals surface area contributed by atoms with E-state index in [0.717, 1.165) is 25.7 Å². The second-order valence-electron chi connectivity index (χ2n) is 11.4. The Morgan fingerprint density at radius 1 is 1.14 bits per heavy atom. The van der Waals surface area contributed by atoms with Crippen LogP contribution in [0.15, 0.2) is 29.2 Å². The molecule has 5 fully saturated rings. The van der Waals surface area contributed by atoms with Crippen LogP contribution in [0.3, 0.4) is 0 Å². The first kappa shape index (κ1) is 26.1. The summed E-state index contributed by atoms with van der Waals surface area (Å²) in [6.45, 7) is 8.23. The molecule has 2 bridgehead atoms. The lowest BCUT2D eigenvalue weighted by molar-refractivity contribution is -0.571. The third-order valence-corrected chi connectivity index (χ3v) is 10.8. The Kier molecular flexibility index (Phi) is 7.00. The Bertz CT molecular complexity index is 1090. The smallest absolute Gasteiger partial charge is 0.224 e. The van der Waals surface area contributed by atoms with Gasteiger partial charge in [0.05, 0.1) is 16.8 Å². The zero-order valence-corrected chi connectivity index (χ0v) is 22.5. The van der Waals surface area contributed by atoms with E-state index in [-0.39, 0.29) is 40.9 Å². The van der Waals surface area contributed by atoms with Crippen molar-refractivity contribution in [2.24, 2.45) is 23.7 Å². The zero-order valence-electron chi connectivity index (χ0n) is 21.7. The van der Waals surface area contributed by atoms with Gasteiger partial charge in [-0.1, -0.05) is 26.8 Å². The van der Waals surface area contributed by atoms with E-state index in [1.54, 1.807) is 18.2 Å². The molecule has 6 rings (SSSR count). The van der Waals surface area contributed by atoms with Crippen molar-refractivity contribution in [1.82, 2.24) is 0 Å². The molecule has 9 heteroatoms. The van der Waals surface area contributed by atoms with Crippen LogP contribution in [0.5, 0.6) is 0 Å². The minimum absolute atomic E-state index is 0.0840. The number of amides is 1. The van der Waals surface area contributed by atoms with Crippen LogP contribution in [0.4, 0.5) is 5.69 Å². The molecule has 36 heavy (non-hydrogen) atoms. The summed E-state index contributed by atoms with van der Waals surface area (Å²) in [5, 5.41) is 2.86. The van der Waals surface area contributed by atoms with Crippen molar-refractivity contribution in [3.8, 4) is 0 Å². The average Bonchev–Trinajstić information content (AvgIpc) is 3.06. The quantitative estimate of drug-likeness (QED) is 0.513. The van der Waals surface area contributed by atoms with Gasteiger partial charge in [-0.2, -0.15) is 0 Å². The fraction of sp³-hybridized carbons (Fsp3) is 0.741. The third-order valence-electron chi connectivity index (χ3n) is 8.90. The molecule has 1 N–H and O–H groups in total. The highest BCUT2D eigenvalue weighted by Crippen LogP contribution is 2.60. The number of hydrogen-bond donors (Lipinski definition) is 1. The van der Waals surface area contributed by atoms with Crippen LogP contribution in [-0.4, -0.2) is 43.9 Å². The molecule has 8 nitrogen and oxygen atoms in total. The molecule has 1 aromatic rings. The number of benzene rings is 1. The molecule has 1 unspecified atom stereocenters. The molecule has 1 aliphatic carbocycles. The van der Waals surface area contributed by atoms with Gasteiger partial charge in [0.25, 0.3) is 0 Å². The fourth-order valence-corrected chi connectivity index (χ4v) is 8.33. The molecule has 200 valence electrons. The lowest BCUT2D eigenvalue weighted by Crippen LogP contribution is -2.70. The first-order chi connectivity index (χ1) is 17.1. The van der Waals surface area contributed by atoms with Gasteiger partial charge in [0.2, 0.25) is 11.7 Å². The Balaban J connectivity index is 1.27.